The first-order valence-corrected chi connectivity index (χ1v) is 22.6. The van der Waals surface area contributed by atoms with Crippen LogP contribution in [0.2, 0.25) is 0 Å². The van der Waals surface area contributed by atoms with Crippen LogP contribution >= 0.6 is 11.3 Å². The number of thiophene rings is 1. The number of aromatic nitrogens is 1. The molecule has 12 aromatic rings. The van der Waals surface area contributed by atoms with Gasteiger partial charge >= 0.3 is 0 Å². The summed E-state index contributed by atoms with van der Waals surface area (Å²) in [7, 11) is 0. The van der Waals surface area contributed by atoms with Gasteiger partial charge in [-0.2, -0.15) is 0 Å². The Hall–Kier alpha value is -8.18. The molecule has 3 nitrogen and oxygen atoms in total. The molecule has 12 rings (SSSR count). The lowest BCUT2D eigenvalue weighted by Gasteiger charge is -2.26. The van der Waals surface area contributed by atoms with Gasteiger partial charge < -0.3 is 14.4 Å². The predicted molar refractivity (Wildman–Crippen MR) is 274 cm³/mol. The molecule has 2 aromatic heterocycles. The number of nitrogens with zero attached hydrogens (tertiary/aromatic N) is 3. The van der Waals surface area contributed by atoms with Crippen LogP contribution < -0.4 is 9.80 Å². The molecule has 0 aliphatic carbocycles. The largest absolute Gasteiger partial charge is 0.311 e. The van der Waals surface area contributed by atoms with Crippen LogP contribution in [0.15, 0.2) is 249 Å². The lowest BCUT2D eigenvalue weighted by molar-refractivity contribution is 1.17. The van der Waals surface area contributed by atoms with Crippen LogP contribution in [0, 0.1) is 0 Å². The normalized spacial score (nSPS) is 11.4. The number of hydrogen-bond acceptors (Lipinski definition) is 3. The van der Waals surface area contributed by atoms with Crippen molar-refractivity contribution in [2.45, 2.75) is 0 Å². The smallest absolute Gasteiger partial charge is 0.0561 e. The van der Waals surface area contributed by atoms with Gasteiger partial charge in [0.25, 0.3) is 0 Å². The van der Waals surface area contributed by atoms with Crippen molar-refractivity contribution in [2.75, 3.05) is 9.80 Å². The Labute approximate surface area is 376 Å². The molecule has 302 valence electrons. The number of fused-ring (bicyclic) bond motifs is 6. The van der Waals surface area contributed by atoms with Crippen LogP contribution in [0.1, 0.15) is 0 Å². The predicted octanol–water partition coefficient (Wildman–Crippen LogP) is 17.4. The second-order valence-electron chi connectivity index (χ2n) is 16.2. The molecule has 0 radical (unpaired) electrons. The molecular formula is C60H41N3S. The van der Waals surface area contributed by atoms with Gasteiger partial charge in [0.05, 0.1) is 11.0 Å². The second-order valence-corrected chi connectivity index (χ2v) is 17.3. The lowest BCUT2D eigenvalue weighted by atomic mass is 9.99. The lowest BCUT2D eigenvalue weighted by Crippen LogP contribution is -2.10. The van der Waals surface area contributed by atoms with Crippen molar-refractivity contribution in [3.8, 4) is 27.9 Å². The van der Waals surface area contributed by atoms with Gasteiger partial charge in [0.1, 0.15) is 0 Å². The van der Waals surface area contributed by atoms with Crippen molar-refractivity contribution >= 4 is 87.4 Å². The first-order chi connectivity index (χ1) is 31.7. The summed E-state index contributed by atoms with van der Waals surface area (Å²) in [6, 6.07) is 89.9. The van der Waals surface area contributed by atoms with E-state index in [0.717, 1.165) is 45.3 Å². The molecule has 2 heterocycles. The Balaban J connectivity index is 1.05. The van der Waals surface area contributed by atoms with Gasteiger partial charge in [-0.05, 0) is 131 Å². The molecule has 0 saturated carbocycles. The molecule has 0 fully saturated rings. The van der Waals surface area contributed by atoms with Crippen molar-refractivity contribution in [3.05, 3.63) is 249 Å². The van der Waals surface area contributed by atoms with Gasteiger partial charge in [0.2, 0.25) is 0 Å². The number of para-hydroxylation sites is 4. The van der Waals surface area contributed by atoms with E-state index in [1.54, 1.807) is 0 Å². The maximum atomic E-state index is 2.47. The molecule has 64 heavy (non-hydrogen) atoms. The Morgan fingerprint density at radius 1 is 0.266 bits per heavy atom. The van der Waals surface area contributed by atoms with E-state index in [1.807, 2.05) is 11.3 Å². The molecule has 0 N–H and O–H groups in total. The van der Waals surface area contributed by atoms with Crippen molar-refractivity contribution < 1.29 is 0 Å². The molecule has 0 aliphatic heterocycles. The monoisotopic (exact) mass is 835 g/mol. The average molecular weight is 836 g/mol. The van der Waals surface area contributed by atoms with Gasteiger partial charge in [0.15, 0.2) is 0 Å². The zero-order valence-corrected chi connectivity index (χ0v) is 35.7. The minimum absolute atomic E-state index is 1.09. The van der Waals surface area contributed by atoms with E-state index in [1.165, 1.54) is 58.7 Å². The molecule has 0 saturated heterocycles. The molecular weight excluding hydrogens is 795 g/mol. The number of hydrogen-bond donors (Lipinski definition) is 0. The average Bonchev–Trinajstić information content (AvgIpc) is 3.89. The van der Waals surface area contributed by atoms with Crippen LogP contribution in [0.5, 0.6) is 0 Å². The Morgan fingerprint density at radius 2 is 0.688 bits per heavy atom. The number of benzene rings is 10. The summed E-state index contributed by atoms with van der Waals surface area (Å²) in [5.74, 6) is 0. The highest BCUT2D eigenvalue weighted by atomic mass is 32.1. The van der Waals surface area contributed by atoms with Crippen LogP contribution in [-0.4, -0.2) is 4.57 Å². The van der Waals surface area contributed by atoms with Crippen molar-refractivity contribution in [2.24, 2.45) is 0 Å². The molecule has 4 heteroatoms. The summed E-state index contributed by atoms with van der Waals surface area (Å²) in [6.45, 7) is 0. The van der Waals surface area contributed by atoms with E-state index in [2.05, 4.69) is 263 Å². The molecule has 0 atom stereocenters. The highest BCUT2D eigenvalue weighted by Crippen LogP contribution is 2.45. The summed E-state index contributed by atoms with van der Waals surface area (Å²) in [4.78, 5) is 4.67. The van der Waals surface area contributed by atoms with E-state index in [9.17, 15) is 0 Å². The third-order valence-electron chi connectivity index (χ3n) is 12.3. The summed E-state index contributed by atoms with van der Waals surface area (Å²) in [6.07, 6.45) is 0. The van der Waals surface area contributed by atoms with Gasteiger partial charge in [-0.15, -0.1) is 11.3 Å². The summed E-state index contributed by atoms with van der Waals surface area (Å²) < 4.78 is 5.04. The molecule has 0 aliphatic rings. The number of anilines is 6. The van der Waals surface area contributed by atoms with Crippen LogP contribution in [0.3, 0.4) is 0 Å². The molecule has 10 aromatic carbocycles. The molecule has 0 amide bonds. The van der Waals surface area contributed by atoms with Gasteiger partial charge in [0, 0.05) is 70.8 Å². The maximum absolute atomic E-state index is 2.47. The number of rotatable bonds is 9. The fourth-order valence-corrected chi connectivity index (χ4v) is 10.4. The zero-order chi connectivity index (χ0) is 42.4. The standard InChI is InChI=1S/C60H41N3S/c1-6-16-42(17-7-1)43-26-28-44(29-27-43)45-30-37-59-55(38-45)56-40-58-54(41-60(56)64-59)53-36-35-52(62(48-22-12-4-13-23-48)49-24-14-5-15-25-49)39-57(53)63(58)51-33-31-50(32-34-51)61(46-18-8-2-9-19-46)47-20-10-3-11-21-47/h1-41H. The summed E-state index contributed by atoms with van der Waals surface area (Å²) in [5, 5.41) is 5.01. The minimum Gasteiger partial charge on any atom is -0.311 e. The van der Waals surface area contributed by atoms with Crippen LogP contribution in [0.25, 0.3) is 69.9 Å². The maximum Gasteiger partial charge on any atom is 0.0561 e. The third kappa shape index (κ3) is 6.69. The molecule has 0 unspecified atom stereocenters. The molecule has 0 bridgehead atoms. The van der Waals surface area contributed by atoms with E-state index in [4.69, 9.17) is 0 Å². The fourth-order valence-electron chi connectivity index (χ4n) is 9.31. The minimum atomic E-state index is 1.09. The Kier molecular flexibility index (Phi) is 9.36. The summed E-state index contributed by atoms with van der Waals surface area (Å²) in [5.41, 5.74) is 15.0. The first-order valence-electron chi connectivity index (χ1n) is 21.7. The van der Waals surface area contributed by atoms with E-state index >= 15 is 0 Å². The first kappa shape index (κ1) is 37.6. The van der Waals surface area contributed by atoms with Crippen molar-refractivity contribution in [3.63, 3.8) is 0 Å². The van der Waals surface area contributed by atoms with Gasteiger partial charge in [-0.1, -0.05) is 140 Å². The third-order valence-corrected chi connectivity index (χ3v) is 13.5. The summed E-state index contributed by atoms with van der Waals surface area (Å²) >= 11 is 1.87. The van der Waals surface area contributed by atoms with E-state index < -0.39 is 0 Å². The van der Waals surface area contributed by atoms with Crippen LogP contribution in [0.4, 0.5) is 34.1 Å². The fraction of sp³-hybridized carbons (Fsp3) is 0. The topological polar surface area (TPSA) is 11.4 Å². The van der Waals surface area contributed by atoms with Gasteiger partial charge in [-0.3, -0.25) is 0 Å². The highest BCUT2D eigenvalue weighted by Gasteiger charge is 2.20. The Bertz CT molecular complexity index is 3490. The van der Waals surface area contributed by atoms with Crippen LogP contribution in [-0.2, 0) is 0 Å². The Morgan fingerprint density at radius 3 is 1.25 bits per heavy atom. The zero-order valence-electron chi connectivity index (χ0n) is 34.9. The van der Waals surface area contributed by atoms with Crippen molar-refractivity contribution in [1.82, 2.24) is 4.57 Å². The van der Waals surface area contributed by atoms with E-state index in [0.29, 0.717) is 0 Å². The molecule has 0 spiro atoms. The SMILES string of the molecule is c1ccc(-c2ccc(-c3ccc4sc5cc6c7ccc(N(c8ccccc8)c8ccccc8)cc7n(-c7ccc(N(c8ccccc8)c8ccccc8)cc7)c6cc5c4c3)cc2)cc1. The van der Waals surface area contributed by atoms with Gasteiger partial charge in [-0.25, -0.2) is 0 Å². The van der Waals surface area contributed by atoms with Crippen molar-refractivity contribution in [1.29, 1.82) is 0 Å². The van der Waals surface area contributed by atoms with E-state index in [-0.39, 0.29) is 0 Å². The highest BCUT2D eigenvalue weighted by molar-refractivity contribution is 7.25. The quantitative estimate of drug-likeness (QED) is 0.143. The second kappa shape index (κ2) is 15.9.